The van der Waals surface area contributed by atoms with E-state index >= 15 is 0 Å². The Morgan fingerprint density at radius 3 is 2.33 bits per heavy atom. The zero-order chi connectivity index (χ0) is 8.39. The van der Waals surface area contributed by atoms with E-state index in [9.17, 15) is 0 Å². The van der Waals surface area contributed by atoms with Crippen LogP contribution in [-0.2, 0) is 0 Å². The molecule has 1 heterocycles. The molecule has 0 unspecified atom stereocenters. The van der Waals surface area contributed by atoms with Crippen LogP contribution in [0, 0.1) is 0 Å². The van der Waals surface area contributed by atoms with Gasteiger partial charge in [0.15, 0.2) is 0 Å². The van der Waals surface area contributed by atoms with Gasteiger partial charge >= 0.3 is 0 Å². The molecule has 3 heteroatoms. The Morgan fingerprint density at radius 2 is 1.92 bits per heavy atom. The van der Waals surface area contributed by atoms with E-state index in [1.165, 1.54) is 5.70 Å². The van der Waals surface area contributed by atoms with Gasteiger partial charge in [-0.15, -0.1) is 0 Å². The van der Waals surface area contributed by atoms with Crippen molar-refractivity contribution in [2.75, 3.05) is 12.0 Å². The molecule has 0 saturated heterocycles. The largest absolute Gasteiger partial charge is 0.381 e. The standard InChI is InChI=1S/C9H10N2O/c12-11-8-3-1-7(2-4-8)9-5-6-10-9/h1-5,10-12H,6H2. The lowest BCUT2D eigenvalue weighted by molar-refractivity contribution is 0.389. The van der Waals surface area contributed by atoms with Crippen molar-refractivity contribution in [3.05, 3.63) is 35.9 Å². The van der Waals surface area contributed by atoms with E-state index in [0.29, 0.717) is 5.69 Å². The van der Waals surface area contributed by atoms with Crippen LogP contribution in [-0.4, -0.2) is 11.8 Å². The fourth-order valence-electron chi connectivity index (χ4n) is 1.15. The average molecular weight is 162 g/mol. The molecule has 3 N–H and O–H groups in total. The summed E-state index contributed by atoms with van der Waals surface area (Å²) in [5.41, 5.74) is 5.12. The van der Waals surface area contributed by atoms with Gasteiger partial charge in [0.05, 0.1) is 5.69 Å². The summed E-state index contributed by atoms with van der Waals surface area (Å²) in [6, 6.07) is 7.57. The first kappa shape index (κ1) is 7.18. The highest BCUT2D eigenvalue weighted by Gasteiger charge is 2.05. The molecular formula is C9H10N2O. The maximum absolute atomic E-state index is 8.56. The van der Waals surface area contributed by atoms with Crippen LogP contribution in [0.25, 0.3) is 5.70 Å². The van der Waals surface area contributed by atoms with Gasteiger partial charge in [0, 0.05) is 12.2 Å². The van der Waals surface area contributed by atoms with Crippen molar-refractivity contribution in [3.63, 3.8) is 0 Å². The Balaban J connectivity index is 2.24. The third kappa shape index (κ3) is 1.14. The Hall–Kier alpha value is -1.48. The molecule has 0 aliphatic carbocycles. The predicted octanol–water partition coefficient (Wildman–Crippen LogP) is 1.43. The average Bonchev–Trinajstić information content (AvgIpc) is 2.03. The minimum absolute atomic E-state index is 0.707. The highest BCUT2D eigenvalue weighted by atomic mass is 16.5. The van der Waals surface area contributed by atoms with Crippen LogP contribution in [0.3, 0.4) is 0 Å². The maximum Gasteiger partial charge on any atom is 0.0602 e. The fourth-order valence-corrected chi connectivity index (χ4v) is 1.15. The molecule has 3 nitrogen and oxygen atoms in total. The van der Waals surface area contributed by atoms with E-state index in [-0.39, 0.29) is 0 Å². The lowest BCUT2D eigenvalue weighted by atomic mass is 10.1. The molecule has 1 aliphatic rings. The second-order valence-electron chi connectivity index (χ2n) is 2.69. The molecule has 2 rings (SSSR count). The van der Waals surface area contributed by atoms with Gasteiger partial charge in [0.1, 0.15) is 0 Å². The lowest BCUT2D eigenvalue weighted by Gasteiger charge is -2.17. The van der Waals surface area contributed by atoms with E-state index in [4.69, 9.17) is 5.21 Å². The Bertz CT molecular complexity index is 303. The van der Waals surface area contributed by atoms with Crippen LogP contribution in [0.5, 0.6) is 0 Å². The van der Waals surface area contributed by atoms with Crippen molar-refractivity contribution in [1.29, 1.82) is 0 Å². The van der Waals surface area contributed by atoms with Crippen LogP contribution in [0.1, 0.15) is 5.56 Å². The van der Waals surface area contributed by atoms with Crippen LogP contribution in [0.15, 0.2) is 30.3 Å². The minimum Gasteiger partial charge on any atom is -0.381 e. The van der Waals surface area contributed by atoms with Crippen molar-refractivity contribution in [3.8, 4) is 0 Å². The van der Waals surface area contributed by atoms with Gasteiger partial charge in [0.25, 0.3) is 0 Å². The number of rotatable bonds is 2. The molecular weight excluding hydrogens is 152 g/mol. The number of hydrogen-bond acceptors (Lipinski definition) is 3. The molecule has 0 radical (unpaired) electrons. The van der Waals surface area contributed by atoms with Crippen molar-refractivity contribution >= 4 is 11.4 Å². The first-order valence-corrected chi connectivity index (χ1v) is 3.85. The summed E-state index contributed by atoms with van der Waals surface area (Å²) in [6.07, 6.45) is 2.13. The highest BCUT2D eigenvalue weighted by Crippen LogP contribution is 2.17. The van der Waals surface area contributed by atoms with Gasteiger partial charge in [-0.05, 0) is 23.8 Å². The summed E-state index contributed by atoms with van der Waals surface area (Å²) in [7, 11) is 0. The van der Waals surface area contributed by atoms with E-state index < -0.39 is 0 Å². The van der Waals surface area contributed by atoms with Gasteiger partial charge in [-0.1, -0.05) is 12.1 Å². The summed E-state index contributed by atoms with van der Waals surface area (Å²) in [5, 5.41) is 11.7. The third-order valence-corrected chi connectivity index (χ3v) is 1.92. The number of anilines is 1. The normalized spacial score (nSPS) is 14.2. The van der Waals surface area contributed by atoms with Crippen molar-refractivity contribution in [1.82, 2.24) is 5.32 Å². The smallest absolute Gasteiger partial charge is 0.0602 e. The summed E-state index contributed by atoms with van der Waals surface area (Å²) in [6.45, 7) is 0.954. The first-order chi connectivity index (χ1) is 5.90. The molecule has 0 fully saturated rings. The van der Waals surface area contributed by atoms with E-state index in [1.54, 1.807) is 0 Å². The summed E-state index contributed by atoms with van der Waals surface area (Å²) in [4.78, 5) is 0. The van der Waals surface area contributed by atoms with Crippen LogP contribution in [0.2, 0.25) is 0 Å². The molecule has 1 aromatic rings. The minimum atomic E-state index is 0.707. The summed E-state index contributed by atoms with van der Waals surface area (Å²) < 4.78 is 0. The molecule has 62 valence electrons. The van der Waals surface area contributed by atoms with E-state index in [1.807, 2.05) is 24.3 Å². The first-order valence-electron chi connectivity index (χ1n) is 3.85. The van der Waals surface area contributed by atoms with Gasteiger partial charge in [-0.2, -0.15) is 0 Å². The quantitative estimate of drug-likeness (QED) is 0.576. The summed E-state index contributed by atoms with van der Waals surface area (Å²) in [5.74, 6) is 0. The highest BCUT2D eigenvalue weighted by molar-refractivity contribution is 5.69. The van der Waals surface area contributed by atoms with Gasteiger partial charge in [0.2, 0.25) is 0 Å². The van der Waals surface area contributed by atoms with Crippen molar-refractivity contribution in [2.24, 2.45) is 0 Å². The van der Waals surface area contributed by atoms with E-state index in [2.05, 4.69) is 16.9 Å². The number of benzene rings is 1. The lowest BCUT2D eigenvalue weighted by Crippen LogP contribution is -2.21. The second-order valence-corrected chi connectivity index (χ2v) is 2.69. The molecule has 0 spiro atoms. The SMILES string of the molecule is ONc1ccc(C2=CCN2)cc1. The van der Waals surface area contributed by atoms with Gasteiger partial charge in [-0.3, -0.25) is 10.7 Å². The van der Waals surface area contributed by atoms with Crippen molar-refractivity contribution < 1.29 is 5.21 Å². The molecule has 0 aromatic heterocycles. The maximum atomic E-state index is 8.56. The molecule has 0 bridgehead atoms. The van der Waals surface area contributed by atoms with Gasteiger partial charge < -0.3 is 5.32 Å². The van der Waals surface area contributed by atoms with E-state index in [0.717, 1.165) is 12.1 Å². The van der Waals surface area contributed by atoms with Crippen LogP contribution in [0.4, 0.5) is 5.69 Å². The monoisotopic (exact) mass is 162 g/mol. The number of hydrogen-bond donors (Lipinski definition) is 3. The Labute approximate surface area is 70.7 Å². The fraction of sp³-hybridized carbons (Fsp3) is 0.111. The van der Waals surface area contributed by atoms with Gasteiger partial charge in [-0.25, -0.2) is 0 Å². The van der Waals surface area contributed by atoms with Crippen LogP contribution < -0.4 is 10.8 Å². The predicted molar refractivity (Wildman–Crippen MR) is 47.8 cm³/mol. The molecule has 1 aromatic carbocycles. The molecule has 0 amide bonds. The topological polar surface area (TPSA) is 44.3 Å². The zero-order valence-electron chi connectivity index (χ0n) is 6.54. The molecule has 1 aliphatic heterocycles. The Morgan fingerprint density at radius 1 is 1.25 bits per heavy atom. The molecule has 0 atom stereocenters. The number of nitrogens with one attached hydrogen (secondary N) is 2. The zero-order valence-corrected chi connectivity index (χ0v) is 6.54. The third-order valence-electron chi connectivity index (χ3n) is 1.92. The molecule has 0 saturated carbocycles. The van der Waals surface area contributed by atoms with Crippen molar-refractivity contribution in [2.45, 2.75) is 0 Å². The van der Waals surface area contributed by atoms with Crippen LogP contribution >= 0.6 is 0 Å². The summed E-state index contributed by atoms with van der Waals surface area (Å²) >= 11 is 0. The second kappa shape index (κ2) is 2.87. The molecule has 12 heavy (non-hydrogen) atoms. The Kier molecular flexibility index (Phi) is 1.72.